The molecule has 0 aliphatic carbocycles. The topological polar surface area (TPSA) is 92.6 Å². The summed E-state index contributed by atoms with van der Waals surface area (Å²) in [5, 5.41) is 9.78. The lowest BCUT2D eigenvalue weighted by Crippen LogP contribution is -2.34. The number of nitrogens with two attached hydrogens (primary N) is 1. The Labute approximate surface area is 136 Å². The van der Waals surface area contributed by atoms with Gasteiger partial charge in [-0.15, -0.1) is 11.3 Å². The minimum Gasteiger partial charge on any atom is -0.465 e. The van der Waals surface area contributed by atoms with Gasteiger partial charge in [-0.05, 0) is 30.5 Å². The number of carbonyl (C=O) groups is 1. The van der Waals surface area contributed by atoms with Crippen LogP contribution in [0.15, 0.2) is 22.6 Å². The van der Waals surface area contributed by atoms with Gasteiger partial charge in [0.25, 0.3) is 0 Å². The Bertz CT molecular complexity index is 928. The molecule has 0 fully saturated rings. The molecule has 0 saturated carbocycles. The van der Waals surface area contributed by atoms with Gasteiger partial charge in [0.2, 0.25) is 5.89 Å². The van der Waals surface area contributed by atoms with Crippen molar-refractivity contribution in [2.24, 2.45) is 0 Å². The molecular weight excluding hydrogens is 314 g/mol. The van der Waals surface area contributed by atoms with Gasteiger partial charge in [0, 0.05) is 11.4 Å². The number of anilines is 1. The average Bonchev–Trinajstić information content (AvgIpc) is 3.06. The number of benzene rings is 1. The van der Waals surface area contributed by atoms with Crippen molar-refractivity contribution in [2.45, 2.75) is 19.9 Å². The van der Waals surface area contributed by atoms with Crippen LogP contribution < -0.4 is 5.73 Å². The fourth-order valence-electron chi connectivity index (χ4n) is 3.02. The summed E-state index contributed by atoms with van der Waals surface area (Å²) >= 11 is 1.42. The van der Waals surface area contributed by atoms with Crippen molar-refractivity contribution in [2.75, 3.05) is 12.3 Å². The van der Waals surface area contributed by atoms with E-state index in [2.05, 4.69) is 4.98 Å². The fourth-order valence-corrected chi connectivity index (χ4v) is 4.14. The van der Waals surface area contributed by atoms with E-state index in [1.54, 1.807) is 0 Å². The molecule has 23 heavy (non-hydrogen) atoms. The van der Waals surface area contributed by atoms with Gasteiger partial charge in [-0.1, -0.05) is 12.1 Å². The fraction of sp³-hybridized carbons (Fsp3) is 0.250. The molecular formula is C16H15N3O3S. The number of amides is 1. The molecule has 0 unspecified atom stereocenters. The first-order valence-corrected chi connectivity index (χ1v) is 8.10. The van der Waals surface area contributed by atoms with Crippen LogP contribution in [0.1, 0.15) is 16.0 Å². The maximum absolute atomic E-state index is 11.1. The highest BCUT2D eigenvalue weighted by atomic mass is 32.1. The summed E-state index contributed by atoms with van der Waals surface area (Å²) in [5.74, 6) is 0.521. The Morgan fingerprint density at radius 2 is 2.30 bits per heavy atom. The lowest BCUT2D eigenvalue weighted by molar-refractivity contribution is 0.140. The number of oxazole rings is 1. The van der Waals surface area contributed by atoms with Crippen LogP contribution in [0.3, 0.4) is 0 Å². The van der Waals surface area contributed by atoms with Crippen molar-refractivity contribution in [3.05, 3.63) is 34.2 Å². The summed E-state index contributed by atoms with van der Waals surface area (Å²) in [4.78, 5) is 18.1. The summed E-state index contributed by atoms with van der Waals surface area (Å²) in [6.45, 7) is 2.83. The quantitative estimate of drug-likeness (QED) is 0.713. The van der Waals surface area contributed by atoms with Gasteiger partial charge >= 0.3 is 6.09 Å². The molecule has 3 heterocycles. The second-order valence-corrected chi connectivity index (χ2v) is 6.77. The van der Waals surface area contributed by atoms with E-state index in [1.165, 1.54) is 16.2 Å². The average molecular weight is 329 g/mol. The van der Waals surface area contributed by atoms with E-state index in [9.17, 15) is 4.79 Å². The Kier molecular flexibility index (Phi) is 3.05. The number of nitrogens with zero attached hydrogens (tertiary/aromatic N) is 2. The van der Waals surface area contributed by atoms with E-state index in [4.69, 9.17) is 15.3 Å². The van der Waals surface area contributed by atoms with Crippen LogP contribution in [0.5, 0.6) is 0 Å². The second kappa shape index (κ2) is 4.99. The van der Waals surface area contributed by atoms with Crippen LogP contribution in [-0.4, -0.2) is 27.6 Å². The zero-order valence-electron chi connectivity index (χ0n) is 12.5. The summed E-state index contributed by atoms with van der Waals surface area (Å²) in [5.41, 5.74) is 10.7. The first-order valence-electron chi connectivity index (χ1n) is 7.29. The van der Waals surface area contributed by atoms with Crippen molar-refractivity contribution >= 4 is 33.5 Å². The molecule has 0 spiro atoms. The summed E-state index contributed by atoms with van der Waals surface area (Å²) < 4.78 is 5.90. The summed E-state index contributed by atoms with van der Waals surface area (Å²) in [7, 11) is 0. The molecule has 1 aliphatic rings. The Hall–Kier alpha value is -2.54. The molecule has 2 aromatic heterocycles. The minimum atomic E-state index is -0.901. The standard InChI is InChI=1S/C16H15N3O3S/c1-8-3-2-4-10-13(8)18-15(22-10)12-9-5-6-19(16(20)21)7-11(9)23-14(12)17/h2-4H,5-7,17H2,1H3,(H,20,21). The highest BCUT2D eigenvalue weighted by Gasteiger charge is 2.28. The molecule has 1 aromatic carbocycles. The van der Waals surface area contributed by atoms with Gasteiger partial charge in [-0.25, -0.2) is 9.78 Å². The number of fused-ring (bicyclic) bond motifs is 2. The Morgan fingerprint density at radius 3 is 3.04 bits per heavy atom. The van der Waals surface area contributed by atoms with E-state index in [0.29, 0.717) is 30.4 Å². The van der Waals surface area contributed by atoms with Crippen molar-refractivity contribution in [1.82, 2.24) is 9.88 Å². The maximum Gasteiger partial charge on any atom is 0.407 e. The largest absolute Gasteiger partial charge is 0.465 e. The number of nitrogen functional groups attached to an aromatic ring is 1. The number of aromatic nitrogens is 1. The lowest BCUT2D eigenvalue weighted by Gasteiger charge is -2.24. The summed E-state index contributed by atoms with van der Waals surface area (Å²) in [6.07, 6.45) is -0.274. The number of rotatable bonds is 1. The van der Waals surface area contributed by atoms with Gasteiger partial charge < -0.3 is 20.2 Å². The number of thiophene rings is 1. The Morgan fingerprint density at radius 1 is 1.48 bits per heavy atom. The van der Waals surface area contributed by atoms with Crippen LogP contribution in [0, 0.1) is 6.92 Å². The highest BCUT2D eigenvalue weighted by Crippen LogP contribution is 2.42. The molecule has 0 saturated heterocycles. The minimum absolute atomic E-state index is 0.374. The first kappa shape index (κ1) is 14.1. The molecule has 0 radical (unpaired) electrons. The SMILES string of the molecule is Cc1cccc2oc(-c3c(N)sc4c3CCN(C(=O)O)C4)nc12. The van der Waals surface area contributed by atoms with Crippen LogP contribution in [0.2, 0.25) is 0 Å². The molecule has 4 rings (SSSR count). The van der Waals surface area contributed by atoms with Crippen LogP contribution in [0.25, 0.3) is 22.6 Å². The van der Waals surface area contributed by atoms with E-state index in [0.717, 1.165) is 32.7 Å². The predicted molar refractivity (Wildman–Crippen MR) is 88.6 cm³/mol. The molecule has 3 aromatic rings. The monoisotopic (exact) mass is 329 g/mol. The molecule has 0 bridgehead atoms. The van der Waals surface area contributed by atoms with E-state index in [1.807, 2.05) is 25.1 Å². The van der Waals surface area contributed by atoms with Gasteiger partial charge in [0.15, 0.2) is 5.58 Å². The van der Waals surface area contributed by atoms with Gasteiger partial charge in [0.1, 0.15) is 5.52 Å². The summed E-state index contributed by atoms with van der Waals surface area (Å²) in [6, 6.07) is 5.82. The zero-order valence-corrected chi connectivity index (χ0v) is 13.3. The normalized spacial score (nSPS) is 14.2. The molecule has 3 N–H and O–H groups in total. The molecule has 118 valence electrons. The molecule has 1 aliphatic heterocycles. The van der Waals surface area contributed by atoms with E-state index >= 15 is 0 Å². The zero-order chi connectivity index (χ0) is 16.1. The van der Waals surface area contributed by atoms with E-state index in [-0.39, 0.29) is 0 Å². The predicted octanol–water partition coefficient (Wildman–Crippen LogP) is 3.48. The third kappa shape index (κ3) is 2.16. The molecule has 6 nitrogen and oxygen atoms in total. The molecule has 7 heteroatoms. The number of hydrogen-bond donors (Lipinski definition) is 2. The van der Waals surface area contributed by atoms with Gasteiger partial charge in [-0.2, -0.15) is 0 Å². The number of hydrogen-bond acceptors (Lipinski definition) is 5. The van der Waals surface area contributed by atoms with Crippen molar-refractivity contribution in [1.29, 1.82) is 0 Å². The van der Waals surface area contributed by atoms with Crippen LogP contribution in [0.4, 0.5) is 9.80 Å². The Balaban J connectivity index is 1.83. The third-order valence-corrected chi connectivity index (χ3v) is 5.24. The van der Waals surface area contributed by atoms with Crippen LogP contribution >= 0.6 is 11.3 Å². The van der Waals surface area contributed by atoms with E-state index < -0.39 is 6.09 Å². The molecule has 0 atom stereocenters. The van der Waals surface area contributed by atoms with Gasteiger partial charge in [-0.3, -0.25) is 0 Å². The molecule has 1 amide bonds. The third-order valence-electron chi connectivity index (χ3n) is 4.19. The first-order chi connectivity index (χ1) is 11.0. The number of carboxylic acid groups (broad SMARTS) is 1. The number of aryl methyl sites for hydroxylation is 1. The van der Waals surface area contributed by atoms with Crippen molar-refractivity contribution < 1.29 is 14.3 Å². The van der Waals surface area contributed by atoms with Crippen LogP contribution in [-0.2, 0) is 13.0 Å². The maximum atomic E-state index is 11.1. The lowest BCUT2D eigenvalue weighted by atomic mass is 10.0. The van der Waals surface area contributed by atoms with Crippen molar-refractivity contribution in [3.8, 4) is 11.5 Å². The number of para-hydroxylation sites is 1. The second-order valence-electron chi connectivity index (χ2n) is 5.64. The van der Waals surface area contributed by atoms with Gasteiger partial charge in [0.05, 0.1) is 17.1 Å². The highest BCUT2D eigenvalue weighted by molar-refractivity contribution is 7.16. The smallest absolute Gasteiger partial charge is 0.407 e. The van der Waals surface area contributed by atoms with Crippen molar-refractivity contribution in [3.63, 3.8) is 0 Å².